The summed E-state index contributed by atoms with van der Waals surface area (Å²) in [5.74, 6) is 0. The van der Waals surface area contributed by atoms with Crippen LogP contribution >= 0.6 is 0 Å². The van der Waals surface area contributed by atoms with Crippen molar-refractivity contribution in [2.45, 2.75) is 65.7 Å². The van der Waals surface area contributed by atoms with Crippen molar-refractivity contribution in [3.05, 3.63) is 52.8 Å². The average molecular weight is 329 g/mol. The van der Waals surface area contributed by atoms with Crippen molar-refractivity contribution in [2.75, 3.05) is 7.05 Å². The molecule has 4 nitrogen and oxygen atoms in total. The van der Waals surface area contributed by atoms with Gasteiger partial charge in [0.25, 0.3) is 0 Å². The third kappa shape index (κ3) is 5.18. The van der Waals surface area contributed by atoms with Crippen LogP contribution in [0.15, 0.2) is 30.5 Å². The molecule has 0 saturated heterocycles. The molecule has 0 saturated carbocycles. The van der Waals surface area contributed by atoms with E-state index in [1.165, 1.54) is 22.4 Å². The molecule has 0 amide bonds. The predicted molar refractivity (Wildman–Crippen MR) is 101 cm³/mol. The van der Waals surface area contributed by atoms with Gasteiger partial charge < -0.3 is 5.32 Å². The molecule has 24 heavy (non-hydrogen) atoms. The van der Waals surface area contributed by atoms with Gasteiger partial charge in [0.2, 0.25) is 0 Å². The van der Waals surface area contributed by atoms with Gasteiger partial charge in [-0.05, 0) is 32.0 Å². The Morgan fingerprint density at radius 1 is 1.17 bits per heavy atom. The molecule has 0 aliphatic heterocycles. The number of aromatic nitrogens is 2. The fourth-order valence-electron chi connectivity index (χ4n) is 2.74. The first kappa shape index (κ1) is 18.7. The quantitative estimate of drug-likeness (QED) is 0.812. The summed E-state index contributed by atoms with van der Waals surface area (Å²) in [5, 5.41) is 10.9. The number of benzene rings is 1. The minimum Gasteiger partial charge on any atom is -0.308 e. The van der Waals surface area contributed by atoms with Gasteiger partial charge >= 0.3 is 0 Å². The molecule has 0 aliphatic rings. The van der Waals surface area contributed by atoms with E-state index in [0.717, 1.165) is 19.6 Å². The summed E-state index contributed by atoms with van der Waals surface area (Å²) >= 11 is 0. The van der Waals surface area contributed by atoms with Crippen LogP contribution in [0.3, 0.4) is 0 Å². The first-order valence-electron chi connectivity index (χ1n) is 8.79. The van der Waals surface area contributed by atoms with Crippen molar-refractivity contribution in [1.82, 2.24) is 20.4 Å². The lowest BCUT2D eigenvalue weighted by Gasteiger charge is -2.21. The molecule has 1 heterocycles. The number of H-pyrrole nitrogens is 1. The minimum atomic E-state index is 0.0921. The number of hydrogen-bond donors (Lipinski definition) is 2. The van der Waals surface area contributed by atoms with Gasteiger partial charge in [0.15, 0.2) is 0 Å². The average Bonchev–Trinajstić information content (AvgIpc) is 2.96. The maximum Gasteiger partial charge on any atom is 0.0535 e. The predicted octanol–water partition coefficient (Wildman–Crippen LogP) is 3.84. The monoisotopic (exact) mass is 328 g/mol. The second kappa shape index (κ2) is 7.95. The molecule has 2 rings (SSSR count). The summed E-state index contributed by atoms with van der Waals surface area (Å²) in [4.78, 5) is 2.35. The lowest BCUT2D eigenvalue weighted by atomic mass is 9.89. The van der Waals surface area contributed by atoms with Gasteiger partial charge in [-0.25, -0.2) is 0 Å². The molecule has 4 heteroatoms. The molecule has 0 radical (unpaired) electrons. The Morgan fingerprint density at radius 2 is 1.88 bits per heavy atom. The first-order chi connectivity index (χ1) is 11.3. The van der Waals surface area contributed by atoms with Crippen LogP contribution in [-0.4, -0.2) is 28.2 Å². The van der Waals surface area contributed by atoms with E-state index in [0.29, 0.717) is 6.04 Å². The van der Waals surface area contributed by atoms with E-state index in [-0.39, 0.29) is 5.41 Å². The summed E-state index contributed by atoms with van der Waals surface area (Å²) in [6, 6.07) is 9.40. The second-order valence-corrected chi connectivity index (χ2v) is 7.95. The maximum atomic E-state index is 4.21. The highest BCUT2D eigenvalue weighted by atomic mass is 15.1. The Morgan fingerprint density at radius 3 is 2.54 bits per heavy atom. The van der Waals surface area contributed by atoms with Gasteiger partial charge in [0, 0.05) is 42.3 Å². The summed E-state index contributed by atoms with van der Waals surface area (Å²) in [6.45, 7) is 13.8. The van der Waals surface area contributed by atoms with E-state index in [4.69, 9.17) is 0 Å². The molecule has 0 spiro atoms. The van der Waals surface area contributed by atoms with E-state index in [9.17, 15) is 0 Å². The normalized spacial score (nSPS) is 12.3. The fraction of sp³-hybridized carbons (Fsp3) is 0.550. The third-order valence-electron chi connectivity index (χ3n) is 4.42. The highest BCUT2D eigenvalue weighted by Crippen LogP contribution is 2.23. The zero-order valence-electron chi connectivity index (χ0n) is 16.0. The molecule has 1 aromatic heterocycles. The highest BCUT2D eigenvalue weighted by Gasteiger charge is 2.19. The first-order valence-corrected chi connectivity index (χ1v) is 8.79. The van der Waals surface area contributed by atoms with E-state index in [2.05, 4.69) is 86.3 Å². The lowest BCUT2D eigenvalue weighted by Crippen LogP contribution is -2.25. The molecule has 0 fully saturated rings. The van der Waals surface area contributed by atoms with Crippen LogP contribution in [0.1, 0.15) is 57.0 Å². The van der Waals surface area contributed by atoms with Crippen LogP contribution in [-0.2, 0) is 25.0 Å². The smallest absolute Gasteiger partial charge is 0.0535 e. The number of aromatic amines is 1. The standard InChI is InChI=1S/C20H32N4/c1-15(2)24(6)14-17-9-7-8-16(10-17)11-21-12-18-13-22-23-19(18)20(3,4)5/h7-10,13,15,21H,11-12,14H2,1-6H3,(H,22,23). The number of nitrogens with zero attached hydrogens (tertiary/aromatic N) is 2. The number of rotatable bonds is 7. The molecular formula is C20H32N4. The van der Waals surface area contributed by atoms with Crippen LogP contribution in [0.4, 0.5) is 0 Å². The molecule has 132 valence electrons. The summed E-state index contributed by atoms with van der Waals surface area (Å²) in [6.07, 6.45) is 1.93. The van der Waals surface area contributed by atoms with Gasteiger partial charge in [-0.3, -0.25) is 10.00 Å². The third-order valence-corrected chi connectivity index (χ3v) is 4.42. The van der Waals surface area contributed by atoms with Crippen molar-refractivity contribution in [2.24, 2.45) is 0 Å². The molecule has 0 unspecified atom stereocenters. The van der Waals surface area contributed by atoms with Gasteiger partial charge in [-0.2, -0.15) is 5.10 Å². The van der Waals surface area contributed by atoms with Crippen LogP contribution in [0.2, 0.25) is 0 Å². The molecule has 0 aliphatic carbocycles. The molecule has 2 N–H and O–H groups in total. The minimum absolute atomic E-state index is 0.0921. The van der Waals surface area contributed by atoms with E-state index in [1.807, 2.05) is 6.20 Å². The molecule has 0 bridgehead atoms. The van der Waals surface area contributed by atoms with Crippen LogP contribution < -0.4 is 5.32 Å². The zero-order chi connectivity index (χ0) is 17.7. The van der Waals surface area contributed by atoms with Gasteiger partial charge in [-0.15, -0.1) is 0 Å². The van der Waals surface area contributed by atoms with Gasteiger partial charge in [0.05, 0.1) is 6.20 Å². The second-order valence-electron chi connectivity index (χ2n) is 7.95. The van der Waals surface area contributed by atoms with Crippen molar-refractivity contribution in [3.8, 4) is 0 Å². The summed E-state index contributed by atoms with van der Waals surface area (Å²) in [7, 11) is 2.17. The molecule has 2 aromatic rings. The van der Waals surface area contributed by atoms with Crippen LogP contribution in [0.5, 0.6) is 0 Å². The Bertz CT molecular complexity index is 637. The largest absolute Gasteiger partial charge is 0.308 e. The Balaban J connectivity index is 1.92. The van der Waals surface area contributed by atoms with E-state index < -0.39 is 0 Å². The number of hydrogen-bond acceptors (Lipinski definition) is 3. The van der Waals surface area contributed by atoms with Crippen molar-refractivity contribution < 1.29 is 0 Å². The Hall–Kier alpha value is -1.65. The van der Waals surface area contributed by atoms with Gasteiger partial charge in [-0.1, -0.05) is 45.0 Å². The summed E-state index contributed by atoms with van der Waals surface area (Å²) < 4.78 is 0. The maximum absolute atomic E-state index is 4.21. The van der Waals surface area contributed by atoms with Crippen LogP contribution in [0.25, 0.3) is 0 Å². The molecule has 0 atom stereocenters. The lowest BCUT2D eigenvalue weighted by molar-refractivity contribution is 0.266. The highest BCUT2D eigenvalue weighted by molar-refractivity contribution is 5.25. The van der Waals surface area contributed by atoms with Gasteiger partial charge in [0.1, 0.15) is 0 Å². The fourth-order valence-corrected chi connectivity index (χ4v) is 2.74. The Kier molecular flexibility index (Phi) is 6.19. The molecular weight excluding hydrogens is 296 g/mol. The molecule has 1 aromatic carbocycles. The number of nitrogens with one attached hydrogen (secondary N) is 2. The summed E-state index contributed by atoms with van der Waals surface area (Å²) in [5.41, 5.74) is 5.24. The Labute approximate surface area is 146 Å². The SMILES string of the molecule is CC(C)N(C)Cc1cccc(CNCc2cn[nH]c2C(C)(C)C)c1. The van der Waals surface area contributed by atoms with Crippen LogP contribution in [0, 0.1) is 0 Å². The van der Waals surface area contributed by atoms with Crippen molar-refractivity contribution >= 4 is 0 Å². The van der Waals surface area contributed by atoms with E-state index in [1.54, 1.807) is 0 Å². The van der Waals surface area contributed by atoms with Crippen molar-refractivity contribution in [3.63, 3.8) is 0 Å². The van der Waals surface area contributed by atoms with E-state index >= 15 is 0 Å². The zero-order valence-corrected chi connectivity index (χ0v) is 16.0. The van der Waals surface area contributed by atoms with Crippen molar-refractivity contribution in [1.29, 1.82) is 0 Å². The topological polar surface area (TPSA) is 44.0 Å².